The number of aryl methyl sites for hydroxylation is 2. The number of thioether (sulfide) groups is 1. The fourth-order valence-electron chi connectivity index (χ4n) is 4.75. The first-order valence-electron chi connectivity index (χ1n) is 12.7. The summed E-state index contributed by atoms with van der Waals surface area (Å²) in [6, 6.07) is 18.4. The lowest BCUT2D eigenvalue weighted by molar-refractivity contribution is 0.0951. The first kappa shape index (κ1) is 24.5. The summed E-state index contributed by atoms with van der Waals surface area (Å²) in [6.45, 7) is 2.06. The topological polar surface area (TPSA) is 96.5 Å². The standard InChI is InChI=1S/C29H30N6O2S/c1-17-4-6-19(7-5-17)28(38-3)31-27(37)23-16-34(2)24-11-10-20(14-22(23)24)21-12-13-35-25(15-21)30-29(33-35)32-26(36)18-8-9-18/h4-7,10-16,18,26,28,36H,8-9H2,1-3H3,(H,31,37)(H,32,33)/t26?,28-/m0/s1. The van der Waals surface area contributed by atoms with E-state index in [0.29, 0.717) is 17.2 Å². The van der Waals surface area contributed by atoms with Crippen molar-refractivity contribution in [3.8, 4) is 11.1 Å². The molecule has 0 radical (unpaired) electrons. The second-order valence-corrected chi connectivity index (χ2v) is 10.9. The number of aliphatic hydroxyl groups excluding tert-OH is 1. The Morgan fingerprint density at radius 3 is 2.61 bits per heavy atom. The zero-order valence-electron chi connectivity index (χ0n) is 21.5. The van der Waals surface area contributed by atoms with E-state index in [1.54, 1.807) is 16.3 Å². The molecule has 0 spiro atoms. The predicted octanol–water partition coefficient (Wildman–Crippen LogP) is 5.13. The van der Waals surface area contributed by atoms with Gasteiger partial charge in [-0.15, -0.1) is 16.9 Å². The van der Waals surface area contributed by atoms with E-state index in [1.807, 2.05) is 48.5 Å². The Labute approximate surface area is 225 Å². The van der Waals surface area contributed by atoms with Crippen molar-refractivity contribution in [2.75, 3.05) is 11.6 Å². The minimum absolute atomic E-state index is 0.106. The summed E-state index contributed by atoms with van der Waals surface area (Å²) < 4.78 is 3.68. The summed E-state index contributed by atoms with van der Waals surface area (Å²) >= 11 is 1.60. The molecule has 1 aliphatic rings. The van der Waals surface area contributed by atoms with Crippen molar-refractivity contribution in [3.05, 3.63) is 83.7 Å². The molecule has 1 fully saturated rings. The molecule has 2 aromatic carbocycles. The van der Waals surface area contributed by atoms with Gasteiger partial charge in [-0.3, -0.25) is 4.79 Å². The van der Waals surface area contributed by atoms with E-state index in [2.05, 4.69) is 64.0 Å². The molecule has 3 N–H and O–H groups in total. The number of pyridine rings is 1. The summed E-state index contributed by atoms with van der Waals surface area (Å²) in [5.74, 6) is 0.589. The number of benzene rings is 2. The molecule has 9 heteroatoms. The monoisotopic (exact) mass is 526 g/mol. The van der Waals surface area contributed by atoms with Gasteiger partial charge in [-0.1, -0.05) is 35.9 Å². The first-order valence-corrected chi connectivity index (χ1v) is 14.0. The molecule has 0 saturated heterocycles. The highest BCUT2D eigenvalue weighted by Crippen LogP contribution is 2.33. The van der Waals surface area contributed by atoms with Crippen molar-refractivity contribution >= 4 is 40.2 Å². The molecule has 5 aromatic rings. The zero-order valence-corrected chi connectivity index (χ0v) is 22.4. The number of anilines is 1. The fourth-order valence-corrected chi connectivity index (χ4v) is 5.41. The molecule has 3 heterocycles. The van der Waals surface area contributed by atoms with E-state index in [-0.39, 0.29) is 17.2 Å². The van der Waals surface area contributed by atoms with E-state index in [1.165, 1.54) is 5.56 Å². The van der Waals surface area contributed by atoms with Crippen LogP contribution in [0.3, 0.4) is 0 Å². The Bertz CT molecular complexity index is 1640. The summed E-state index contributed by atoms with van der Waals surface area (Å²) in [5.41, 5.74) is 6.51. The average Bonchev–Trinajstić information content (AvgIpc) is 3.62. The number of rotatable bonds is 8. The maximum atomic E-state index is 13.5. The molecule has 2 atom stereocenters. The summed E-state index contributed by atoms with van der Waals surface area (Å²) in [5, 5.41) is 21.6. The van der Waals surface area contributed by atoms with E-state index in [9.17, 15) is 9.90 Å². The van der Waals surface area contributed by atoms with Gasteiger partial charge in [-0.2, -0.15) is 4.98 Å². The fraction of sp³-hybridized carbons (Fsp3) is 0.276. The number of amides is 1. The van der Waals surface area contributed by atoms with E-state index in [0.717, 1.165) is 40.4 Å². The molecule has 0 aliphatic heterocycles. The molecule has 38 heavy (non-hydrogen) atoms. The molecular weight excluding hydrogens is 496 g/mol. The third-order valence-corrected chi connectivity index (χ3v) is 7.99. The van der Waals surface area contributed by atoms with Gasteiger partial charge in [0.1, 0.15) is 11.6 Å². The van der Waals surface area contributed by atoms with Gasteiger partial charge in [-0.25, -0.2) is 4.52 Å². The van der Waals surface area contributed by atoms with Crippen molar-refractivity contribution in [2.24, 2.45) is 13.0 Å². The number of aromatic nitrogens is 4. The van der Waals surface area contributed by atoms with Crippen molar-refractivity contribution in [1.29, 1.82) is 0 Å². The van der Waals surface area contributed by atoms with Crippen LogP contribution in [0, 0.1) is 12.8 Å². The van der Waals surface area contributed by atoms with E-state index in [4.69, 9.17) is 0 Å². The number of aliphatic hydroxyl groups is 1. The van der Waals surface area contributed by atoms with E-state index < -0.39 is 6.23 Å². The van der Waals surface area contributed by atoms with Crippen molar-refractivity contribution < 1.29 is 9.90 Å². The van der Waals surface area contributed by atoms with Crippen LogP contribution < -0.4 is 10.6 Å². The Balaban J connectivity index is 1.29. The largest absolute Gasteiger partial charge is 0.373 e. The third-order valence-electron chi connectivity index (χ3n) is 7.13. The molecule has 1 amide bonds. The summed E-state index contributed by atoms with van der Waals surface area (Å²) in [6.07, 6.45) is 7.18. The normalized spacial score (nSPS) is 15.1. The maximum absolute atomic E-state index is 13.5. The van der Waals surface area contributed by atoms with Gasteiger partial charge in [0, 0.05) is 36.3 Å². The van der Waals surface area contributed by atoms with Crippen LogP contribution in [-0.4, -0.2) is 42.7 Å². The average molecular weight is 527 g/mol. The third kappa shape index (κ3) is 4.75. The first-order chi connectivity index (χ1) is 18.4. The molecule has 8 nitrogen and oxygen atoms in total. The van der Waals surface area contributed by atoms with Crippen molar-refractivity contribution in [2.45, 2.75) is 31.4 Å². The number of nitrogens with one attached hydrogen (secondary N) is 2. The Kier molecular flexibility index (Phi) is 6.33. The minimum Gasteiger partial charge on any atom is -0.373 e. The van der Waals surface area contributed by atoms with Gasteiger partial charge in [0.05, 0.1) is 5.56 Å². The van der Waals surface area contributed by atoms with Crippen LogP contribution >= 0.6 is 11.8 Å². The minimum atomic E-state index is -0.617. The molecular formula is C29H30N6O2S. The van der Waals surface area contributed by atoms with Crippen LogP contribution in [-0.2, 0) is 7.05 Å². The molecule has 6 rings (SSSR count). The van der Waals surface area contributed by atoms with Crippen LogP contribution in [0.4, 0.5) is 5.95 Å². The maximum Gasteiger partial charge on any atom is 0.254 e. The number of nitrogens with zero attached hydrogens (tertiary/aromatic N) is 4. The predicted molar refractivity (Wildman–Crippen MR) is 152 cm³/mol. The zero-order chi connectivity index (χ0) is 26.4. The van der Waals surface area contributed by atoms with Gasteiger partial charge in [-0.05, 0) is 67.0 Å². The lowest BCUT2D eigenvalue weighted by atomic mass is 10.0. The number of carbonyl (C=O) groups is 1. The SMILES string of the molecule is CS[C@H](NC(=O)c1cn(C)c2ccc(-c3ccn4nc(NC(O)C5CC5)nc4c3)cc12)c1ccc(C)cc1. The number of hydrogen-bond acceptors (Lipinski definition) is 6. The molecule has 1 aliphatic carbocycles. The number of fused-ring (bicyclic) bond motifs is 2. The van der Waals surface area contributed by atoms with Crippen LogP contribution in [0.1, 0.15) is 39.7 Å². The highest BCUT2D eigenvalue weighted by atomic mass is 32.2. The highest BCUT2D eigenvalue weighted by molar-refractivity contribution is 7.98. The Morgan fingerprint density at radius 1 is 1.11 bits per heavy atom. The van der Waals surface area contributed by atoms with Crippen LogP contribution in [0.2, 0.25) is 0 Å². The van der Waals surface area contributed by atoms with Crippen LogP contribution in [0.25, 0.3) is 27.7 Å². The quantitative estimate of drug-likeness (QED) is 0.243. The lowest BCUT2D eigenvalue weighted by Gasteiger charge is -2.17. The van der Waals surface area contributed by atoms with Gasteiger partial charge < -0.3 is 20.3 Å². The number of carbonyl (C=O) groups excluding carboxylic acids is 1. The summed E-state index contributed by atoms with van der Waals surface area (Å²) in [4.78, 5) is 18.0. The van der Waals surface area contributed by atoms with E-state index >= 15 is 0 Å². The molecule has 1 saturated carbocycles. The Morgan fingerprint density at radius 2 is 1.87 bits per heavy atom. The smallest absolute Gasteiger partial charge is 0.254 e. The Hall–Kier alpha value is -3.82. The molecule has 194 valence electrons. The highest BCUT2D eigenvalue weighted by Gasteiger charge is 2.30. The molecule has 0 bridgehead atoms. The summed E-state index contributed by atoms with van der Waals surface area (Å²) in [7, 11) is 1.96. The molecule has 3 aromatic heterocycles. The van der Waals surface area contributed by atoms with Crippen molar-refractivity contribution in [3.63, 3.8) is 0 Å². The second kappa shape index (κ2) is 9.81. The van der Waals surface area contributed by atoms with Gasteiger partial charge in [0.2, 0.25) is 5.95 Å². The van der Waals surface area contributed by atoms with Crippen LogP contribution in [0.15, 0.2) is 67.0 Å². The van der Waals surface area contributed by atoms with Crippen molar-refractivity contribution in [1.82, 2.24) is 24.5 Å². The second-order valence-electron chi connectivity index (χ2n) is 9.97. The van der Waals surface area contributed by atoms with Gasteiger partial charge in [0.15, 0.2) is 5.65 Å². The van der Waals surface area contributed by atoms with Gasteiger partial charge >= 0.3 is 0 Å². The van der Waals surface area contributed by atoms with Gasteiger partial charge in [0.25, 0.3) is 5.91 Å². The van der Waals surface area contributed by atoms with Crippen LogP contribution in [0.5, 0.6) is 0 Å². The lowest BCUT2D eigenvalue weighted by Crippen LogP contribution is -2.26. The molecule has 1 unspecified atom stereocenters. The number of hydrogen-bond donors (Lipinski definition) is 3.